The molecule has 2 atom stereocenters. The van der Waals surface area contributed by atoms with Gasteiger partial charge in [0.25, 0.3) is 5.91 Å². The highest BCUT2D eigenvalue weighted by Crippen LogP contribution is 2.42. The molecule has 3 aliphatic rings. The molecule has 5 rings (SSSR count). The smallest absolute Gasteiger partial charge is 0.255 e. The van der Waals surface area contributed by atoms with Crippen molar-refractivity contribution < 1.29 is 4.79 Å². The lowest BCUT2D eigenvalue weighted by Gasteiger charge is -2.26. The molecule has 0 spiro atoms. The summed E-state index contributed by atoms with van der Waals surface area (Å²) in [7, 11) is 0. The second kappa shape index (κ2) is 6.54. The molecule has 2 aromatic rings. The molecule has 0 aliphatic heterocycles. The van der Waals surface area contributed by atoms with Crippen LogP contribution < -0.4 is 10.6 Å². The first kappa shape index (κ1) is 16.1. The summed E-state index contributed by atoms with van der Waals surface area (Å²) in [4.78, 5) is 12.6. The number of benzene rings is 1. The highest BCUT2D eigenvalue weighted by Gasteiger charge is 2.40. The van der Waals surface area contributed by atoms with Gasteiger partial charge < -0.3 is 10.6 Å². The van der Waals surface area contributed by atoms with Crippen molar-refractivity contribution in [3.8, 4) is 0 Å². The Morgan fingerprint density at radius 1 is 1.23 bits per heavy atom. The van der Waals surface area contributed by atoms with Crippen LogP contribution in [0, 0.1) is 5.92 Å². The van der Waals surface area contributed by atoms with Gasteiger partial charge in [-0.3, -0.25) is 9.48 Å². The van der Waals surface area contributed by atoms with E-state index in [4.69, 9.17) is 0 Å². The van der Waals surface area contributed by atoms with E-state index in [1.165, 1.54) is 44.1 Å². The predicted molar refractivity (Wildman–Crippen MR) is 101 cm³/mol. The standard InChI is InChI=1S/C21H26N4O/c26-21(24-18-11-22-25(13-18)12-14-7-8-14)16-4-1-3-15(9-16)19-10-20(19)23-17-5-2-6-17/h1,3-4,9,11,13-14,17,19-20,23H,2,5-8,10,12H2,(H,24,26)/t19-,20+/m0/s1. The number of hydrogen-bond acceptors (Lipinski definition) is 3. The van der Waals surface area contributed by atoms with E-state index in [0.29, 0.717) is 12.0 Å². The molecule has 3 aliphatic carbocycles. The summed E-state index contributed by atoms with van der Waals surface area (Å²) in [6, 6.07) is 9.42. The number of hydrogen-bond donors (Lipinski definition) is 2. The predicted octanol–water partition coefficient (Wildman–Crippen LogP) is 3.54. The number of rotatable bonds is 7. The van der Waals surface area contributed by atoms with E-state index >= 15 is 0 Å². The highest BCUT2D eigenvalue weighted by atomic mass is 16.1. The zero-order valence-electron chi connectivity index (χ0n) is 15.0. The van der Waals surface area contributed by atoms with Crippen LogP contribution in [-0.2, 0) is 6.54 Å². The maximum Gasteiger partial charge on any atom is 0.255 e. The van der Waals surface area contributed by atoms with Gasteiger partial charge in [0.2, 0.25) is 0 Å². The molecule has 1 heterocycles. The zero-order valence-corrected chi connectivity index (χ0v) is 15.0. The second-order valence-electron chi connectivity index (χ2n) is 8.22. The van der Waals surface area contributed by atoms with Crippen LogP contribution in [0.3, 0.4) is 0 Å². The minimum absolute atomic E-state index is 0.0537. The van der Waals surface area contributed by atoms with E-state index in [9.17, 15) is 4.79 Å². The van der Waals surface area contributed by atoms with E-state index in [1.54, 1.807) is 6.20 Å². The lowest BCUT2D eigenvalue weighted by molar-refractivity contribution is 0.102. The van der Waals surface area contributed by atoms with E-state index in [2.05, 4.69) is 27.9 Å². The Bertz CT molecular complexity index is 806. The van der Waals surface area contributed by atoms with Crippen molar-refractivity contribution in [3.63, 3.8) is 0 Å². The fraction of sp³-hybridized carbons (Fsp3) is 0.524. The van der Waals surface area contributed by atoms with Crippen LogP contribution in [0.5, 0.6) is 0 Å². The van der Waals surface area contributed by atoms with Crippen molar-refractivity contribution in [1.82, 2.24) is 15.1 Å². The van der Waals surface area contributed by atoms with Crippen molar-refractivity contribution in [2.75, 3.05) is 5.32 Å². The summed E-state index contributed by atoms with van der Waals surface area (Å²) in [5.41, 5.74) is 2.78. The largest absolute Gasteiger partial charge is 0.319 e. The Morgan fingerprint density at radius 3 is 2.88 bits per heavy atom. The summed E-state index contributed by atoms with van der Waals surface area (Å²) >= 11 is 0. The van der Waals surface area contributed by atoms with E-state index < -0.39 is 0 Å². The molecule has 136 valence electrons. The van der Waals surface area contributed by atoms with Gasteiger partial charge in [0.1, 0.15) is 0 Å². The SMILES string of the molecule is O=C(Nc1cnn(CC2CC2)c1)c1cccc([C@@H]2C[C@H]2NC2CCC2)c1. The first-order valence-electron chi connectivity index (χ1n) is 9.94. The van der Waals surface area contributed by atoms with Crippen molar-refractivity contribution in [1.29, 1.82) is 0 Å². The Kier molecular flexibility index (Phi) is 4.04. The molecule has 1 aromatic heterocycles. The lowest BCUT2D eigenvalue weighted by Crippen LogP contribution is -2.37. The van der Waals surface area contributed by atoms with Crippen molar-refractivity contribution in [2.24, 2.45) is 5.92 Å². The molecule has 2 N–H and O–H groups in total. The van der Waals surface area contributed by atoms with Crippen LogP contribution in [-0.4, -0.2) is 27.8 Å². The third kappa shape index (κ3) is 3.54. The number of anilines is 1. The molecule has 3 fully saturated rings. The van der Waals surface area contributed by atoms with Crippen LogP contribution in [0.2, 0.25) is 0 Å². The first-order valence-corrected chi connectivity index (χ1v) is 9.94. The number of nitrogens with zero attached hydrogens (tertiary/aromatic N) is 2. The maximum absolute atomic E-state index is 12.6. The molecule has 1 amide bonds. The fourth-order valence-electron chi connectivity index (χ4n) is 3.83. The molecule has 3 saturated carbocycles. The molecular formula is C21H26N4O. The quantitative estimate of drug-likeness (QED) is 0.803. The van der Waals surface area contributed by atoms with Gasteiger partial charge in [-0.1, -0.05) is 18.6 Å². The van der Waals surface area contributed by atoms with E-state index in [0.717, 1.165) is 29.8 Å². The van der Waals surface area contributed by atoms with Crippen LogP contribution in [0.4, 0.5) is 5.69 Å². The number of amides is 1. The molecule has 26 heavy (non-hydrogen) atoms. The van der Waals surface area contributed by atoms with Gasteiger partial charge in [-0.05, 0) is 55.7 Å². The van der Waals surface area contributed by atoms with Crippen molar-refractivity contribution in [3.05, 3.63) is 47.8 Å². The van der Waals surface area contributed by atoms with Crippen LogP contribution >= 0.6 is 0 Å². The van der Waals surface area contributed by atoms with Gasteiger partial charge in [-0.25, -0.2) is 0 Å². The third-order valence-electron chi connectivity index (χ3n) is 5.96. The normalized spacial score (nSPS) is 24.9. The lowest BCUT2D eigenvalue weighted by atomic mass is 9.93. The highest BCUT2D eigenvalue weighted by molar-refractivity contribution is 6.04. The fourth-order valence-corrected chi connectivity index (χ4v) is 3.83. The molecule has 0 radical (unpaired) electrons. The first-order chi connectivity index (χ1) is 12.7. The second-order valence-corrected chi connectivity index (χ2v) is 8.22. The topological polar surface area (TPSA) is 59.0 Å². The maximum atomic E-state index is 12.6. The molecule has 0 saturated heterocycles. The summed E-state index contributed by atoms with van der Waals surface area (Å²) in [6.07, 6.45) is 11.5. The Labute approximate surface area is 154 Å². The molecule has 5 heteroatoms. The minimum Gasteiger partial charge on any atom is -0.319 e. The van der Waals surface area contributed by atoms with Gasteiger partial charge in [0.05, 0.1) is 11.9 Å². The molecule has 0 bridgehead atoms. The van der Waals surface area contributed by atoms with Gasteiger partial charge >= 0.3 is 0 Å². The number of aromatic nitrogens is 2. The average Bonchev–Trinajstić information content (AvgIpc) is 3.51. The van der Waals surface area contributed by atoms with E-state index in [1.807, 2.05) is 23.0 Å². The zero-order chi connectivity index (χ0) is 17.5. The number of nitrogens with one attached hydrogen (secondary N) is 2. The summed E-state index contributed by atoms with van der Waals surface area (Å²) in [5.74, 6) is 1.28. The van der Waals surface area contributed by atoms with Gasteiger partial charge in [0.15, 0.2) is 0 Å². The van der Waals surface area contributed by atoms with Crippen LogP contribution in [0.15, 0.2) is 36.7 Å². The van der Waals surface area contributed by atoms with Crippen LogP contribution in [0.1, 0.15) is 60.4 Å². The average molecular weight is 350 g/mol. The third-order valence-corrected chi connectivity index (χ3v) is 5.96. The number of carbonyl (C=O) groups is 1. The number of carbonyl (C=O) groups excluding carboxylic acids is 1. The van der Waals surface area contributed by atoms with Crippen molar-refractivity contribution >= 4 is 11.6 Å². The molecule has 0 unspecified atom stereocenters. The Morgan fingerprint density at radius 2 is 2.12 bits per heavy atom. The molecule has 1 aromatic carbocycles. The monoisotopic (exact) mass is 350 g/mol. The summed E-state index contributed by atoms with van der Waals surface area (Å²) in [5, 5.41) is 11.1. The summed E-state index contributed by atoms with van der Waals surface area (Å²) < 4.78 is 1.94. The molecule has 5 nitrogen and oxygen atoms in total. The molecular weight excluding hydrogens is 324 g/mol. The Balaban J connectivity index is 1.20. The van der Waals surface area contributed by atoms with Gasteiger partial charge in [0, 0.05) is 36.3 Å². The minimum atomic E-state index is -0.0537. The van der Waals surface area contributed by atoms with E-state index in [-0.39, 0.29) is 5.91 Å². The van der Waals surface area contributed by atoms with Gasteiger partial charge in [-0.15, -0.1) is 0 Å². The van der Waals surface area contributed by atoms with Crippen LogP contribution in [0.25, 0.3) is 0 Å². The van der Waals surface area contributed by atoms with Crippen molar-refractivity contribution in [2.45, 2.75) is 63.1 Å². The summed E-state index contributed by atoms with van der Waals surface area (Å²) in [6.45, 7) is 0.961. The Hall–Kier alpha value is -2.14. The van der Waals surface area contributed by atoms with Gasteiger partial charge in [-0.2, -0.15) is 5.10 Å².